The number of hydrazone groups is 1. The van der Waals surface area contributed by atoms with E-state index in [4.69, 9.17) is 0 Å². The highest BCUT2D eigenvalue weighted by atomic mass is 16.2. The van der Waals surface area contributed by atoms with Gasteiger partial charge in [0, 0.05) is 5.56 Å². The summed E-state index contributed by atoms with van der Waals surface area (Å²) < 4.78 is 0. The number of hydrogen-bond donors (Lipinski definition) is 2. The molecule has 0 spiro atoms. The van der Waals surface area contributed by atoms with Crippen molar-refractivity contribution < 1.29 is 4.79 Å². The van der Waals surface area contributed by atoms with Crippen LogP contribution in [-0.2, 0) is 0 Å². The molecule has 0 bridgehead atoms. The van der Waals surface area contributed by atoms with Crippen LogP contribution in [0, 0.1) is 0 Å². The molecule has 0 saturated heterocycles. The van der Waals surface area contributed by atoms with E-state index < -0.39 is 0 Å². The zero-order chi connectivity index (χ0) is 8.39. The van der Waals surface area contributed by atoms with Crippen LogP contribution in [-0.4, -0.2) is 12.2 Å². The van der Waals surface area contributed by atoms with Crippen LogP contribution in [0.1, 0.15) is 5.56 Å². The summed E-state index contributed by atoms with van der Waals surface area (Å²) in [7, 11) is 0. The number of rotatable bonds is 0. The summed E-state index contributed by atoms with van der Waals surface area (Å²) in [5.41, 5.74) is 3.98. The number of hydrogen-bond acceptors (Lipinski definition) is 2. The van der Waals surface area contributed by atoms with Crippen LogP contribution in [0.2, 0.25) is 0 Å². The third-order valence-corrected chi connectivity index (χ3v) is 1.58. The van der Waals surface area contributed by atoms with Gasteiger partial charge in [-0.05, 0) is 6.07 Å². The molecule has 0 aliphatic carbocycles. The molecule has 4 heteroatoms. The summed E-state index contributed by atoms with van der Waals surface area (Å²) in [6.45, 7) is 0. The summed E-state index contributed by atoms with van der Waals surface area (Å²) in [5, 5.41) is 6.35. The Labute approximate surface area is 69.3 Å². The first-order chi connectivity index (χ1) is 5.86. The topological polar surface area (TPSA) is 53.5 Å². The third kappa shape index (κ3) is 1.14. The van der Waals surface area contributed by atoms with Gasteiger partial charge in [0.25, 0.3) is 0 Å². The lowest BCUT2D eigenvalue weighted by Gasteiger charge is -2.01. The van der Waals surface area contributed by atoms with E-state index in [2.05, 4.69) is 15.8 Å². The van der Waals surface area contributed by atoms with E-state index in [1.807, 2.05) is 24.3 Å². The lowest BCUT2D eigenvalue weighted by atomic mass is 10.2. The average Bonchev–Trinajstić information content (AvgIpc) is 2.25. The van der Waals surface area contributed by atoms with Crippen LogP contribution >= 0.6 is 0 Å². The number of benzene rings is 1. The fraction of sp³-hybridized carbons (Fsp3) is 0. The highest BCUT2D eigenvalue weighted by molar-refractivity contribution is 5.99. The Morgan fingerprint density at radius 3 is 3.00 bits per heavy atom. The number of carbonyl (C=O) groups excluding carboxylic acids is 1. The second-order valence-corrected chi connectivity index (χ2v) is 2.41. The molecule has 4 nitrogen and oxygen atoms in total. The van der Waals surface area contributed by atoms with Crippen molar-refractivity contribution in [3.05, 3.63) is 29.8 Å². The van der Waals surface area contributed by atoms with Gasteiger partial charge in [0.2, 0.25) is 0 Å². The normalized spacial score (nSPS) is 14.2. The summed E-state index contributed by atoms with van der Waals surface area (Å²) in [5.74, 6) is 0. The Morgan fingerprint density at radius 1 is 1.25 bits per heavy atom. The average molecular weight is 161 g/mol. The van der Waals surface area contributed by atoms with Gasteiger partial charge in [0.1, 0.15) is 0 Å². The summed E-state index contributed by atoms with van der Waals surface area (Å²) >= 11 is 0. The zero-order valence-corrected chi connectivity index (χ0v) is 6.24. The van der Waals surface area contributed by atoms with Crippen LogP contribution in [0.15, 0.2) is 29.4 Å². The molecular formula is C8H7N3O. The molecule has 12 heavy (non-hydrogen) atoms. The maximum absolute atomic E-state index is 10.9. The number of nitrogens with one attached hydrogen (secondary N) is 2. The van der Waals surface area contributed by atoms with Crippen molar-refractivity contribution in [3.63, 3.8) is 0 Å². The Kier molecular flexibility index (Phi) is 1.51. The summed E-state index contributed by atoms with van der Waals surface area (Å²) in [4.78, 5) is 10.9. The van der Waals surface area contributed by atoms with Crippen LogP contribution in [0.25, 0.3) is 0 Å². The maximum Gasteiger partial charge on any atom is 0.339 e. The molecule has 2 amide bonds. The van der Waals surface area contributed by atoms with E-state index in [0.29, 0.717) is 0 Å². The molecule has 0 unspecified atom stereocenters. The summed E-state index contributed by atoms with van der Waals surface area (Å²) in [6.07, 6.45) is 1.60. The minimum atomic E-state index is -0.309. The van der Waals surface area contributed by atoms with E-state index in [9.17, 15) is 4.79 Å². The standard InChI is InChI=1S/C8H7N3O/c12-8-10-7-4-2-1-3-6(7)5-9-11-8/h1-5H,(H2,10,11,12). The number of nitrogens with zero attached hydrogens (tertiary/aromatic N) is 1. The van der Waals surface area contributed by atoms with Gasteiger partial charge in [-0.2, -0.15) is 5.10 Å². The second kappa shape index (κ2) is 2.65. The minimum Gasteiger partial charge on any atom is -0.306 e. The van der Waals surface area contributed by atoms with Gasteiger partial charge in [-0.25, -0.2) is 10.2 Å². The van der Waals surface area contributed by atoms with Crippen LogP contribution in [0.5, 0.6) is 0 Å². The molecule has 1 aliphatic rings. The Balaban J connectivity index is 2.48. The Morgan fingerprint density at radius 2 is 2.08 bits per heavy atom. The fourth-order valence-electron chi connectivity index (χ4n) is 1.03. The van der Waals surface area contributed by atoms with Crippen molar-refractivity contribution in [2.75, 3.05) is 5.32 Å². The predicted molar refractivity (Wildman–Crippen MR) is 46.2 cm³/mol. The molecular weight excluding hydrogens is 154 g/mol. The summed E-state index contributed by atoms with van der Waals surface area (Å²) in [6, 6.07) is 7.15. The highest BCUT2D eigenvalue weighted by Crippen LogP contribution is 2.13. The lowest BCUT2D eigenvalue weighted by Crippen LogP contribution is -2.22. The quantitative estimate of drug-likeness (QED) is 0.589. The molecule has 0 fully saturated rings. The third-order valence-electron chi connectivity index (χ3n) is 1.58. The monoisotopic (exact) mass is 161 g/mol. The molecule has 0 aromatic heterocycles. The molecule has 2 rings (SSSR count). The van der Waals surface area contributed by atoms with E-state index in [1.54, 1.807) is 6.21 Å². The molecule has 0 saturated carbocycles. The van der Waals surface area contributed by atoms with Gasteiger partial charge in [-0.3, -0.25) is 0 Å². The SMILES string of the molecule is O=C1NN=Cc2ccccc2N1. The maximum atomic E-state index is 10.9. The first-order valence-corrected chi connectivity index (χ1v) is 3.55. The Hall–Kier alpha value is -1.84. The van der Waals surface area contributed by atoms with Crippen LogP contribution < -0.4 is 10.7 Å². The number of amides is 2. The van der Waals surface area contributed by atoms with Crippen LogP contribution in [0.3, 0.4) is 0 Å². The highest BCUT2D eigenvalue weighted by Gasteiger charge is 2.06. The largest absolute Gasteiger partial charge is 0.339 e. The Bertz CT molecular complexity index is 346. The molecule has 0 radical (unpaired) electrons. The molecule has 1 aromatic carbocycles. The molecule has 60 valence electrons. The molecule has 0 atom stereocenters. The van der Waals surface area contributed by atoms with E-state index in [1.165, 1.54) is 0 Å². The lowest BCUT2D eigenvalue weighted by molar-refractivity contribution is 0.252. The van der Waals surface area contributed by atoms with Crippen molar-refractivity contribution in [2.24, 2.45) is 5.10 Å². The van der Waals surface area contributed by atoms with E-state index in [-0.39, 0.29) is 6.03 Å². The van der Waals surface area contributed by atoms with Crippen molar-refractivity contribution in [1.82, 2.24) is 5.43 Å². The molecule has 2 N–H and O–H groups in total. The number of fused-ring (bicyclic) bond motifs is 1. The van der Waals surface area contributed by atoms with Gasteiger partial charge in [-0.15, -0.1) is 0 Å². The van der Waals surface area contributed by atoms with Crippen molar-refractivity contribution >= 4 is 17.9 Å². The smallest absolute Gasteiger partial charge is 0.306 e. The van der Waals surface area contributed by atoms with Gasteiger partial charge in [0.15, 0.2) is 0 Å². The van der Waals surface area contributed by atoms with Crippen molar-refractivity contribution in [2.45, 2.75) is 0 Å². The molecule has 1 heterocycles. The molecule has 1 aromatic rings. The second-order valence-electron chi connectivity index (χ2n) is 2.41. The van der Waals surface area contributed by atoms with Crippen molar-refractivity contribution in [1.29, 1.82) is 0 Å². The van der Waals surface area contributed by atoms with Gasteiger partial charge in [0.05, 0.1) is 11.9 Å². The van der Waals surface area contributed by atoms with Gasteiger partial charge >= 0.3 is 6.03 Å². The van der Waals surface area contributed by atoms with Crippen LogP contribution in [0.4, 0.5) is 10.5 Å². The number of anilines is 1. The van der Waals surface area contributed by atoms with E-state index in [0.717, 1.165) is 11.3 Å². The van der Waals surface area contributed by atoms with Gasteiger partial charge < -0.3 is 5.32 Å². The number of urea groups is 1. The number of carbonyl (C=O) groups is 1. The first kappa shape index (κ1) is 6.84. The molecule has 1 aliphatic heterocycles. The predicted octanol–water partition coefficient (Wildman–Crippen LogP) is 1.16. The fourth-order valence-corrected chi connectivity index (χ4v) is 1.03. The van der Waals surface area contributed by atoms with Gasteiger partial charge in [-0.1, -0.05) is 18.2 Å². The first-order valence-electron chi connectivity index (χ1n) is 3.55. The van der Waals surface area contributed by atoms with Crippen molar-refractivity contribution in [3.8, 4) is 0 Å². The zero-order valence-electron chi connectivity index (χ0n) is 6.24. The minimum absolute atomic E-state index is 0.309. The number of para-hydroxylation sites is 1. The van der Waals surface area contributed by atoms with E-state index >= 15 is 0 Å².